The van der Waals surface area contributed by atoms with E-state index in [9.17, 15) is 0 Å². The van der Waals surface area contributed by atoms with Crippen LogP contribution in [0.1, 0.15) is 30.4 Å². The molecule has 1 aliphatic carbocycles. The van der Waals surface area contributed by atoms with Crippen LogP contribution in [0.5, 0.6) is 17.2 Å². The number of rotatable bonds is 8. The third-order valence-corrected chi connectivity index (χ3v) is 6.48. The number of hydrogen-bond donors (Lipinski definition) is 0. The Labute approximate surface area is 186 Å². The summed E-state index contributed by atoms with van der Waals surface area (Å²) in [6.45, 7) is 5.32. The largest absolute Gasteiger partial charge is 0.497 e. The maximum atomic E-state index is 5.58. The maximum Gasteiger partial charge on any atom is 0.142 e. The monoisotopic (exact) mass is 422 g/mol. The molecular formula is C26H34N2O3. The van der Waals surface area contributed by atoms with Crippen LogP contribution in [0.3, 0.4) is 0 Å². The van der Waals surface area contributed by atoms with Gasteiger partial charge in [-0.15, -0.1) is 0 Å². The number of aryl methyl sites for hydroxylation is 1. The summed E-state index contributed by atoms with van der Waals surface area (Å²) in [4.78, 5) is 4.99. The maximum absolute atomic E-state index is 5.58. The lowest BCUT2D eigenvalue weighted by Crippen LogP contribution is -2.46. The molecule has 4 rings (SSSR count). The van der Waals surface area contributed by atoms with Crippen LogP contribution in [0, 0.1) is 0 Å². The molecular weight excluding hydrogens is 388 g/mol. The average Bonchev–Trinajstić information content (AvgIpc) is 2.83. The minimum atomic E-state index is 0.872. The van der Waals surface area contributed by atoms with Crippen molar-refractivity contribution in [1.82, 2.24) is 4.90 Å². The van der Waals surface area contributed by atoms with Crippen molar-refractivity contribution in [1.29, 1.82) is 0 Å². The Balaban J connectivity index is 1.29. The normalized spacial score (nSPS) is 16.5. The van der Waals surface area contributed by atoms with Crippen molar-refractivity contribution in [3.8, 4) is 17.2 Å². The van der Waals surface area contributed by atoms with Gasteiger partial charge in [0.2, 0.25) is 0 Å². The number of fused-ring (bicyclic) bond motifs is 1. The van der Waals surface area contributed by atoms with Crippen LogP contribution >= 0.6 is 0 Å². The van der Waals surface area contributed by atoms with Crippen molar-refractivity contribution in [2.45, 2.75) is 25.7 Å². The highest BCUT2D eigenvalue weighted by Gasteiger charge is 2.20. The molecule has 5 heteroatoms. The molecule has 0 amide bonds. The van der Waals surface area contributed by atoms with Crippen LogP contribution in [-0.2, 0) is 6.42 Å². The van der Waals surface area contributed by atoms with Crippen LogP contribution < -0.4 is 19.1 Å². The number of piperazine rings is 1. The summed E-state index contributed by atoms with van der Waals surface area (Å²) in [5.74, 6) is 2.75. The topological polar surface area (TPSA) is 34.2 Å². The lowest BCUT2D eigenvalue weighted by molar-refractivity contribution is 0.255. The Hall–Kier alpha value is -2.66. The number of anilines is 1. The van der Waals surface area contributed by atoms with Crippen molar-refractivity contribution in [3.63, 3.8) is 0 Å². The van der Waals surface area contributed by atoms with Gasteiger partial charge in [-0.1, -0.05) is 12.1 Å². The molecule has 0 saturated carbocycles. The van der Waals surface area contributed by atoms with Crippen LogP contribution in [0.2, 0.25) is 0 Å². The van der Waals surface area contributed by atoms with E-state index >= 15 is 0 Å². The summed E-state index contributed by atoms with van der Waals surface area (Å²) in [7, 11) is 5.18. The highest BCUT2D eigenvalue weighted by molar-refractivity contribution is 5.71. The number of benzene rings is 2. The quantitative estimate of drug-likeness (QED) is 0.619. The van der Waals surface area contributed by atoms with E-state index in [1.807, 2.05) is 12.1 Å². The first-order valence-corrected chi connectivity index (χ1v) is 11.3. The fraction of sp³-hybridized carbons (Fsp3) is 0.462. The number of methoxy groups -OCH3 is 3. The molecule has 31 heavy (non-hydrogen) atoms. The van der Waals surface area contributed by atoms with E-state index in [1.54, 1.807) is 21.3 Å². The number of ether oxygens (including phenoxy) is 3. The van der Waals surface area contributed by atoms with Crippen molar-refractivity contribution < 1.29 is 14.2 Å². The Kier molecular flexibility index (Phi) is 7.03. The second kappa shape index (κ2) is 10.1. The van der Waals surface area contributed by atoms with Gasteiger partial charge in [0.15, 0.2) is 0 Å². The second-order valence-electron chi connectivity index (χ2n) is 8.26. The van der Waals surface area contributed by atoms with Gasteiger partial charge in [0.25, 0.3) is 0 Å². The van der Waals surface area contributed by atoms with E-state index in [2.05, 4.69) is 40.1 Å². The lowest BCUT2D eigenvalue weighted by atomic mass is 9.88. The molecule has 2 aromatic rings. The lowest BCUT2D eigenvalue weighted by Gasteiger charge is -2.36. The third-order valence-electron chi connectivity index (χ3n) is 6.48. The molecule has 0 bridgehead atoms. The molecule has 5 nitrogen and oxygen atoms in total. The molecule has 1 fully saturated rings. The smallest absolute Gasteiger partial charge is 0.142 e. The van der Waals surface area contributed by atoms with Gasteiger partial charge in [-0.3, -0.25) is 4.90 Å². The first-order valence-electron chi connectivity index (χ1n) is 11.3. The van der Waals surface area contributed by atoms with Gasteiger partial charge in [-0.25, -0.2) is 0 Å². The van der Waals surface area contributed by atoms with Gasteiger partial charge >= 0.3 is 0 Å². The van der Waals surface area contributed by atoms with Crippen molar-refractivity contribution in [2.24, 2.45) is 0 Å². The number of nitrogens with zero attached hydrogens (tertiary/aromatic N) is 2. The second-order valence-corrected chi connectivity index (χ2v) is 8.26. The molecule has 2 aliphatic rings. The minimum Gasteiger partial charge on any atom is -0.497 e. The summed E-state index contributed by atoms with van der Waals surface area (Å²) < 4.78 is 16.4. The molecule has 0 radical (unpaired) electrons. The molecule has 0 atom stereocenters. The van der Waals surface area contributed by atoms with Gasteiger partial charge in [-0.05, 0) is 73.2 Å². The number of hydrogen-bond acceptors (Lipinski definition) is 5. The van der Waals surface area contributed by atoms with Crippen LogP contribution in [0.25, 0.3) is 5.57 Å². The molecule has 0 aromatic heterocycles. The Morgan fingerprint density at radius 3 is 2.32 bits per heavy atom. The van der Waals surface area contributed by atoms with Crippen LogP contribution in [0.4, 0.5) is 5.69 Å². The third kappa shape index (κ3) is 4.99. The minimum absolute atomic E-state index is 0.872. The van der Waals surface area contributed by atoms with E-state index in [1.165, 1.54) is 23.1 Å². The molecule has 166 valence electrons. The Morgan fingerprint density at radius 2 is 1.58 bits per heavy atom. The van der Waals surface area contributed by atoms with E-state index < -0.39 is 0 Å². The summed E-state index contributed by atoms with van der Waals surface area (Å²) in [5.41, 5.74) is 5.48. The zero-order valence-electron chi connectivity index (χ0n) is 19.0. The molecule has 0 spiro atoms. The summed E-state index contributed by atoms with van der Waals surface area (Å²) >= 11 is 0. The fourth-order valence-electron chi connectivity index (χ4n) is 4.72. The first kappa shape index (κ1) is 21.6. The molecule has 0 N–H and O–H groups in total. The van der Waals surface area contributed by atoms with E-state index in [0.29, 0.717) is 0 Å². The molecule has 1 saturated heterocycles. The predicted molar refractivity (Wildman–Crippen MR) is 127 cm³/mol. The Morgan fingerprint density at radius 1 is 0.839 bits per heavy atom. The van der Waals surface area contributed by atoms with Crippen molar-refractivity contribution in [3.05, 3.63) is 53.6 Å². The Bertz CT molecular complexity index is 917. The zero-order chi connectivity index (χ0) is 21.6. The van der Waals surface area contributed by atoms with Gasteiger partial charge in [0.05, 0.1) is 27.0 Å². The van der Waals surface area contributed by atoms with Crippen molar-refractivity contribution in [2.75, 3.05) is 59.0 Å². The predicted octanol–water partition coefficient (Wildman–Crippen LogP) is 4.64. The SMILES string of the molecule is COc1ccc2c(c1)CCC=C2CCCN1CCN(c2cc(OC)ccc2OC)CC1. The van der Waals surface area contributed by atoms with Gasteiger partial charge < -0.3 is 19.1 Å². The highest BCUT2D eigenvalue weighted by atomic mass is 16.5. The van der Waals surface area contributed by atoms with E-state index in [0.717, 1.165) is 74.9 Å². The van der Waals surface area contributed by atoms with E-state index in [-0.39, 0.29) is 0 Å². The summed E-state index contributed by atoms with van der Waals surface area (Å²) in [6, 6.07) is 12.5. The first-order chi connectivity index (χ1) is 15.2. The van der Waals surface area contributed by atoms with Crippen molar-refractivity contribution >= 4 is 11.3 Å². The fourth-order valence-corrected chi connectivity index (χ4v) is 4.72. The van der Waals surface area contributed by atoms with Gasteiger partial charge in [0, 0.05) is 32.2 Å². The van der Waals surface area contributed by atoms with E-state index in [4.69, 9.17) is 14.2 Å². The average molecular weight is 423 g/mol. The summed E-state index contributed by atoms with van der Waals surface area (Å²) in [5, 5.41) is 0. The highest BCUT2D eigenvalue weighted by Crippen LogP contribution is 2.34. The van der Waals surface area contributed by atoms with Gasteiger partial charge in [-0.2, -0.15) is 0 Å². The zero-order valence-corrected chi connectivity index (χ0v) is 19.0. The van der Waals surface area contributed by atoms with Crippen LogP contribution in [-0.4, -0.2) is 59.0 Å². The standard InChI is InChI=1S/C26H34N2O3/c1-29-22-9-11-24-20(6-4-7-21(24)18-22)8-5-13-27-14-16-28(17-15-27)25-19-23(30-2)10-12-26(25)31-3/h6,9-12,18-19H,4-5,7-8,13-17H2,1-3H3. The van der Waals surface area contributed by atoms with Crippen LogP contribution in [0.15, 0.2) is 42.5 Å². The molecule has 1 heterocycles. The summed E-state index contributed by atoms with van der Waals surface area (Å²) in [6.07, 6.45) is 7.02. The molecule has 1 aliphatic heterocycles. The molecule has 0 unspecified atom stereocenters. The molecule has 2 aromatic carbocycles. The van der Waals surface area contributed by atoms with Gasteiger partial charge in [0.1, 0.15) is 17.2 Å². The number of allylic oxidation sites excluding steroid dienone is 2.